The van der Waals surface area contributed by atoms with E-state index in [9.17, 15) is 8.42 Å². The van der Waals surface area contributed by atoms with Crippen LogP contribution >= 0.6 is 10.7 Å². The highest BCUT2D eigenvalue weighted by molar-refractivity contribution is 8.13. The highest BCUT2D eigenvalue weighted by Crippen LogP contribution is 2.25. The van der Waals surface area contributed by atoms with E-state index in [-0.39, 0.29) is 5.16 Å². The van der Waals surface area contributed by atoms with Crippen LogP contribution in [0.2, 0.25) is 0 Å². The standard InChI is InChI=1S/C14H18ClN3O2S/c1-10-5-7-11(8-6-10)9-12-16-17-13(21(15,19)20)18(12)14(2,3)4/h5-8H,9H2,1-4H3. The molecule has 0 radical (unpaired) electrons. The molecule has 0 spiro atoms. The summed E-state index contributed by atoms with van der Waals surface area (Å²) < 4.78 is 24.9. The first kappa shape index (κ1) is 16.0. The SMILES string of the molecule is Cc1ccc(Cc2nnc(S(=O)(=O)Cl)n2C(C)(C)C)cc1. The Morgan fingerprint density at radius 1 is 1.14 bits per heavy atom. The van der Waals surface area contributed by atoms with Crippen LogP contribution in [0.3, 0.4) is 0 Å². The fourth-order valence-electron chi connectivity index (χ4n) is 2.14. The summed E-state index contributed by atoms with van der Waals surface area (Å²) in [7, 11) is 1.52. The molecule has 0 saturated heterocycles. The van der Waals surface area contributed by atoms with Crippen molar-refractivity contribution in [2.24, 2.45) is 0 Å². The molecule has 0 aliphatic heterocycles. The molecule has 5 nitrogen and oxygen atoms in total. The van der Waals surface area contributed by atoms with E-state index in [2.05, 4.69) is 10.2 Å². The van der Waals surface area contributed by atoms with E-state index in [1.165, 1.54) is 5.56 Å². The first-order chi connectivity index (χ1) is 9.59. The lowest BCUT2D eigenvalue weighted by molar-refractivity contribution is 0.352. The van der Waals surface area contributed by atoms with Crippen LogP contribution in [0.15, 0.2) is 29.4 Å². The van der Waals surface area contributed by atoms with Crippen LogP contribution < -0.4 is 0 Å². The molecule has 1 aromatic carbocycles. The summed E-state index contributed by atoms with van der Waals surface area (Å²) in [5, 5.41) is 7.57. The Bertz CT molecular complexity index is 744. The minimum Gasteiger partial charge on any atom is -0.295 e. The lowest BCUT2D eigenvalue weighted by Crippen LogP contribution is -2.27. The lowest BCUT2D eigenvalue weighted by atomic mass is 10.1. The molecule has 7 heteroatoms. The highest BCUT2D eigenvalue weighted by Gasteiger charge is 2.29. The van der Waals surface area contributed by atoms with E-state index in [0.29, 0.717) is 12.2 Å². The first-order valence-corrected chi connectivity index (χ1v) is 8.85. The van der Waals surface area contributed by atoms with Gasteiger partial charge in [0.1, 0.15) is 5.82 Å². The van der Waals surface area contributed by atoms with E-state index < -0.39 is 14.6 Å². The molecular formula is C14H18ClN3O2S. The van der Waals surface area contributed by atoms with Crippen molar-refractivity contribution in [3.63, 3.8) is 0 Å². The van der Waals surface area contributed by atoms with Crippen molar-refractivity contribution in [1.82, 2.24) is 14.8 Å². The minimum absolute atomic E-state index is 0.209. The van der Waals surface area contributed by atoms with Gasteiger partial charge in [0.2, 0.25) is 0 Å². The molecular weight excluding hydrogens is 310 g/mol. The molecule has 0 amide bonds. The van der Waals surface area contributed by atoms with Crippen molar-refractivity contribution in [2.45, 2.75) is 44.8 Å². The van der Waals surface area contributed by atoms with Gasteiger partial charge in [0.05, 0.1) is 0 Å². The Kier molecular flexibility index (Phi) is 4.13. The van der Waals surface area contributed by atoms with E-state index in [1.807, 2.05) is 52.0 Å². The maximum absolute atomic E-state index is 11.7. The zero-order valence-corrected chi connectivity index (χ0v) is 14.0. The highest BCUT2D eigenvalue weighted by atomic mass is 35.7. The fraction of sp³-hybridized carbons (Fsp3) is 0.429. The van der Waals surface area contributed by atoms with Crippen LogP contribution in [0.1, 0.15) is 37.7 Å². The number of aryl methyl sites for hydroxylation is 1. The molecule has 0 N–H and O–H groups in total. The summed E-state index contributed by atoms with van der Waals surface area (Å²) in [5.41, 5.74) is 1.72. The van der Waals surface area contributed by atoms with Gasteiger partial charge in [-0.15, -0.1) is 10.2 Å². The molecule has 0 bridgehead atoms. The van der Waals surface area contributed by atoms with E-state index in [0.717, 1.165) is 5.56 Å². The molecule has 21 heavy (non-hydrogen) atoms. The predicted molar refractivity (Wildman–Crippen MR) is 82.0 cm³/mol. The third-order valence-electron chi connectivity index (χ3n) is 3.07. The molecule has 0 atom stereocenters. The second-order valence-corrected chi connectivity index (χ2v) is 8.46. The van der Waals surface area contributed by atoms with Crippen LogP contribution in [0.4, 0.5) is 0 Å². The van der Waals surface area contributed by atoms with Gasteiger partial charge in [-0.1, -0.05) is 29.8 Å². The van der Waals surface area contributed by atoms with Gasteiger partial charge in [-0.3, -0.25) is 4.57 Å². The number of halogens is 1. The van der Waals surface area contributed by atoms with Gasteiger partial charge in [-0.25, -0.2) is 8.42 Å². The van der Waals surface area contributed by atoms with Gasteiger partial charge in [0, 0.05) is 22.6 Å². The summed E-state index contributed by atoms with van der Waals surface area (Å²) in [6.45, 7) is 7.68. The summed E-state index contributed by atoms with van der Waals surface area (Å²) >= 11 is 0. The summed E-state index contributed by atoms with van der Waals surface area (Å²) in [6.07, 6.45) is 0.497. The normalized spacial score (nSPS) is 12.6. The van der Waals surface area contributed by atoms with E-state index >= 15 is 0 Å². The van der Waals surface area contributed by atoms with Gasteiger partial charge in [0.25, 0.3) is 14.2 Å². The van der Waals surface area contributed by atoms with Crippen LogP contribution in [-0.2, 0) is 21.0 Å². The Balaban J connectivity index is 2.50. The van der Waals surface area contributed by atoms with Crippen molar-refractivity contribution in [3.05, 3.63) is 41.2 Å². The van der Waals surface area contributed by atoms with Crippen LogP contribution in [0.5, 0.6) is 0 Å². The van der Waals surface area contributed by atoms with Crippen molar-refractivity contribution in [3.8, 4) is 0 Å². The Labute approximate surface area is 129 Å². The minimum atomic E-state index is -3.93. The second-order valence-electron chi connectivity index (χ2n) is 6.01. The maximum atomic E-state index is 11.7. The molecule has 0 unspecified atom stereocenters. The average molecular weight is 328 g/mol. The Morgan fingerprint density at radius 2 is 1.71 bits per heavy atom. The van der Waals surface area contributed by atoms with Gasteiger partial charge < -0.3 is 0 Å². The average Bonchev–Trinajstić information content (AvgIpc) is 2.75. The molecule has 2 rings (SSSR count). The van der Waals surface area contributed by atoms with Crippen LogP contribution in [0.25, 0.3) is 0 Å². The van der Waals surface area contributed by atoms with Gasteiger partial charge >= 0.3 is 0 Å². The lowest BCUT2D eigenvalue weighted by Gasteiger charge is -2.24. The van der Waals surface area contributed by atoms with E-state index in [1.54, 1.807) is 4.57 Å². The number of rotatable bonds is 3. The number of aromatic nitrogens is 3. The summed E-state index contributed by atoms with van der Waals surface area (Å²) in [4.78, 5) is 0. The maximum Gasteiger partial charge on any atom is 0.296 e. The summed E-state index contributed by atoms with van der Waals surface area (Å²) in [6, 6.07) is 8.00. The van der Waals surface area contributed by atoms with Gasteiger partial charge in [-0.05, 0) is 33.3 Å². The predicted octanol–water partition coefficient (Wildman–Crippen LogP) is 2.86. The van der Waals surface area contributed by atoms with Crippen LogP contribution in [-0.4, -0.2) is 23.2 Å². The second kappa shape index (κ2) is 5.42. The first-order valence-electron chi connectivity index (χ1n) is 6.54. The molecule has 1 heterocycles. The zero-order valence-electron chi connectivity index (χ0n) is 12.5. The van der Waals surface area contributed by atoms with E-state index in [4.69, 9.17) is 10.7 Å². The molecule has 114 valence electrons. The number of benzene rings is 1. The Morgan fingerprint density at radius 3 is 2.19 bits per heavy atom. The number of hydrogen-bond acceptors (Lipinski definition) is 4. The van der Waals surface area contributed by atoms with Crippen molar-refractivity contribution in [2.75, 3.05) is 0 Å². The molecule has 0 aliphatic rings. The fourth-order valence-corrected chi connectivity index (χ4v) is 3.17. The van der Waals surface area contributed by atoms with Crippen molar-refractivity contribution in [1.29, 1.82) is 0 Å². The number of hydrogen-bond donors (Lipinski definition) is 0. The van der Waals surface area contributed by atoms with Crippen molar-refractivity contribution >= 4 is 19.7 Å². The van der Waals surface area contributed by atoms with Crippen LogP contribution in [0, 0.1) is 6.92 Å². The van der Waals surface area contributed by atoms with Gasteiger partial charge in [0.15, 0.2) is 0 Å². The number of nitrogens with zero attached hydrogens (tertiary/aromatic N) is 3. The zero-order chi connectivity index (χ0) is 15.8. The molecule has 0 fully saturated rings. The van der Waals surface area contributed by atoms with Gasteiger partial charge in [-0.2, -0.15) is 0 Å². The largest absolute Gasteiger partial charge is 0.296 e. The Hall–Kier alpha value is -1.40. The smallest absolute Gasteiger partial charge is 0.295 e. The third kappa shape index (κ3) is 3.63. The van der Waals surface area contributed by atoms with Crippen molar-refractivity contribution < 1.29 is 8.42 Å². The molecule has 0 saturated carbocycles. The molecule has 2 aromatic rings. The topological polar surface area (TPSA) is 64.8 Å². The summed E-state index contributed by atoms with van der Waals surface area (Å²) in [5.74, 6) is 0.575. The monoisotopic (exact) mass is 327 g/mol. The third-order valence-corrected chi connectivity index (χ3v) is 4.19. The molecule has 0 aliphatic carbocycles. The molecule has 1 aromatic heterocycles. The quantitative estimate of drug-likeness (QED) is 0.813.